The highest BCUT2D eigenvalue weighted by Crippen LogP contribution is 2.27. The molecule has 1 fully saturated rings. The van der Waals surface area contributed by atoms with Crippen LogP contribution in [0.5, 0.6) is 5.75 Å². The number of carbonyl (C=O) groups is 1. The SMILES string of the molecule is CS(=O)(=O)Oc1cc([N+](=O)[O-])ccc1C(=O)NC1CC1. The van der Waals surface area contributed by atoms with Gasteiger partial charge in [0.2, 0.25) is 0 Å². The number of nitrogens with one attached hydrogen (secondary N) is 1. The molecular weight excluding hydrogens is 288 g/mol. The molecule has 0 spiro atoms. The molecule has 1 amide bonds. The van der Waals surface area contributed by atoms with Gasteiger partial charge in [-0.3, -0.25) is 14.9 Å². The van der Waals surface area contributed by atoms with Crippen molar-refractivity contribution in [3.63, 3.8) is 0 Å². The Bertz CT molecular complexity index is 665. The molecule has 0 unspecified atom stereocenters. The fourth-order valence-electron chi connectivity index (χ4n) is 1.54. The first-order valence-corrected chi connectivity index (χ1v) is 7.56. The molecule has 0 bridgehead atoms. The Balaban J connectivity index is 2.37. The molecule has 1 aliphatic carbocycles. The summed E-state index contributed by atoms with van der Waals surface area (Å²) in [5.41, 5.74) is -0.403. The lowest BCUT2D eigenvalue weighted by Gasteiger charge is -2.09. The summed E-state index contributed by atoms with van der Waals surface area (Å²) in [6.45, 7) is 0. The quantitative estimate of drug-likeness (QED) is 0.489. The van der Waals surface area contributed by atoms with E-state index in [0.717, 1.165) is 31.2 Å². The third-order valence-electron chi connectivity index (χ3n) is 2.57. The minimum atomic E-state index is -3.89. The number of nitrogens with zero attached hydrogens (tertiary/aromatic N) is 1. The van der Waals surface area contributed by atoms with Crippen LogP contribution in [0, 0.1) is 10.1 Å². The molecule has 1 N–H and O–H groups in total. The summed E-state index contributed by atoms with van der Waals surface area (Å²) in [6, 6.07) is 3.29. The van der Waals surface area contributed by atoms with Gasteiger partial charge in [-0.05, 0) is 18.9 Å². The van der Waals surface area contributed by atoms with Crippen molar-refractivity contribution in [2.45, 2.75) is 18.9 Å². The van der Waals surface area contributed by atoms with Crippen molar-refractivity contribution in [3.8, 4) is 5.75 Å². The standard InChI is InChI=1S/C11H12N2O6S/c1-20(17,18)19-10-6-8(13(15)16)4-5-9(10)11(14)12-7-2-3-7/h4-7H,2-3H2,1H3,(H,12,14). The maximum atomic E-state index is 11.9. The van der Waals surface area contributed by atoms with E-state index in [1.54, 1.807) is 0 Å². The van der Waals surface area contributed by atoms with E-state index in [4.69, 9.17) is 0 Å². The molecule has 0 aliphatic heterocycles. The van der Waals surface area contributed by atoms with Gasteiger partial charge in [0.1, 0.15) is 0 Å². The Morgan fingerprint density at radius 2 is 2.10 bits per heavy atom. The third-order valence-corrected chi connectivity index (χ3v) is 3.06. The third kappa shape index (κ3) is 3.67. The topological polar surface area (TPSA) is 116 Å². The Morgan fingerprint density at radius 1 is 1.45 bits per heavy atom. The number of amides is 1. The molecule has 1 saturated carbocycles. The van der Waals surface area contributed by atoms with Crippen LogP contribution < -0.4 is 9.50 Å². The van der Waals surface area contributed by atoms with Crippen molar-refractivity contribution >= 4 is 21.7 Å². The van der Waals surface area contributed by atoms with E-state index in [2.05, 4.69) is 9.50 Å². The van der Waals surface area contributed by atoms with Crippen molar-refractivity contribution in [3.05, 3.63) is 33.9 Å². The smallest absolute Gasteiger partial charge is 0.306 e. The Hall–Kier alpha value is -2.16. The fraction of sp³-hybridized carbons (Fsp3) is 0.364. The highest BCUT2D eigenvalue weighted by molar-refractivity contribution is 7.86. The molecule has 108 valence electrons. The van der Waals surface area contributed by atoms with Crippen molar-refractivity contribution in [1.82, 2.24) is 5.32 Å². The number of carbonyl (C=O) groups excluding carboxylic acids is 1. The summed E-state index contributed by atoms with van der Waals surface area (Å²) in [7, 11) is -3.89. The van der Waals surface area contributed by atoms with Gasteiger partial charge < -0.3 is 9.50 Å². The predicted molar refractivity (Wildman–Crippen MR) is 69.1 cm³/mol. The van der Waals surface area contributed by atoms with Gasteiger partial charge in [-0.15, -0.1) is 0 Å². The lowest BCUT2D eigenvalue weighted by atomic mass is 10.1. The number of rotatable bonds is 5. The molecule has 20 heavy (non-hydrogen) atoms. The Kier molecular flexibility index (Phi) is 3.62. The zero-order valence-electron chi connectivity index (χ0n) is 10.5. The number of hydrogen-bond donors (Lipinski definition) is 1. The lowest BCUT2D eigenvalue weighted by molar-refractivity contribution is -0.384. The van der Waals surface area contributed by atoms with E-state index in [-0.39, 0.29) is 23.0 Å². The largest absolute Gasteiger partial charge is 0.381 e. The summed E-state index contributed by atoms with van der Waals surface area (Å²) in [5, 5.41) is 13.3. The maximum absolute atomic E-state index is 11.9. The van der Waals surface area contributed by atoms with E-state index in [0.29, 0.717) is 0 Å². The normalized spacial score (nSPS) is 14.7. The van der Waals surface area contributed by atoms with Gasteiger partial charge in [0.05, 0.1) is 22.8 Å². The van der Waals surface area contributed by atoms with E-state index < -0.39 is 20.9 Å². The molecule has 8 nitrogen and oxygen atoms in total. The van der Waals surface area contributed by atoms with Gasteiger partial charge in [0.15, 0.2) is 5.75 Å². The van der Waals surface area contributed by atoms with Crippen molar-refractivity contribution in [2.24, 2.45) is 0 Å². The molecule has 1 aromatic rings. The highest BCUT2D eigenvalue weighted by atomic mass is 32.2. The minimum absolute atomic E-state index is 0.0482. The number of nitro groups is 1. The summed E-state index contributed by atoms with van der Waals surface area (Å²) in [5.74, 6) is -0.860. The van der Waals surface area contributed by atoms with Crippen molar-refractivity contribution in [1.29, 1.82) is 0 Å². The molecular formula is C11H12N2O6S. The molecule has 0 heterocycles. The Morgan fingerprint density at radius 3 is 2.60 bits per heavy atom. The highest BCUT2D eigenvalue weighted by Gasteiger charge is 2.26. The van der Waals surface area contributed by atoms with Crippen LogP contribution in [0.1, 0.15) is 23.2 Å². The van der Waals surface area contributed by atoms with E-state index in [1.807, 2.05) is 0 Å². The zero-order valence-corrected chi connectivity index (χ0v) is 11.3. The number of non-ortho nitro benzene ring substituents is 1. The van der Waals surface area contributed by atoms with E-state index in [9.17, 15) is 23.3 Å². The van der Waals surface area contributed by atoms with Crippen molar-refractivity contribution < 1.29 is 22.3 Å². The van der Waals surface area contributed by atoms with E-state index in [1.165, 1.54) is 6.07 Å². The molecule has 0 saturated heterocycles. The van der Waals surface area contributed by atoms with Crippen LogP contribution in [0.3, 0.4) is 0 Å². The van der Waals surface area contributed by atoms with Crippen LogP contribution >= 0.6 is 0 Å². The lowest BCUT2D eigenvalue weighted by Crippen LogP contribution is -2.26. The number of benzene rings is 1. The number of hydrogen-bond acceptors (Lipinski definition) is 6. The first kappa shape index (κ1) is 14.3. The van der Waals surface area contributed by atoms with Crippen LogP contribution in [0.2, 0.25) is 0 Å². The number of nitro benzene ring substituents is 1. The van der Waals surface area contributed by atoms with Crippen LogP contribution in [0.4, 0.5) is 5.69 Å². The van der Waals surface area contributed by atoms with Gasteiger partial charge in [-0.1, -0.05) is 0 Å². The van der Waals surface area contributed by atoms with Crippen molar-refractivity contribution in [2.75, 3.05) is 6.26 Å². The van der Waals surface area contributed by atoms with Gasteiger partial charge in [0.25, 0.3) is 11.6 Å². The average Bonchev–Trinajstić information content (AvgIpc) is 3.10. The maximum Gasteiger partial charge on any atom is 0.306 e. The second kappa shape index (κ2) is 5.08. The second-order valence-corrected chi connectivity index (χ2v) is 6.05. The summed E-state index contributed by atoms with van der Waals surface area (Å²) in [4.78, 5) is 21.9. The Labute approximate surface area is 115 Å². The summed E-state index contributed by atoms with van der Waals surface area (Å²) >= 11 is 0. The first-order valence-electron chi connectivity index (χ1n) is 5.75. The zero-order chi connectivity index (χ0) is 14.9. The van der Waals surface area contributed by atoms with Crippen LogP contribution in [0.15, 0.2) is 18.2 Å². The van der Waals surface area contributed by atoms with Gasteiger partial charge in [-0.2, -0.15) is 8.42 Å². The summed E-state index contributed by atoms with van der Waals surface area (Å²) < 4.78 is 27.0. The van der Waals surface area contributed by atoms with Crippen LogP contribution in [-0.4, -0.2) is 31.5 Å². The predicted octanol–water partition coefficient (Wildman–Crippen LogP) is 0.825. The molecule has 0 atom stereocenters. The van der Waals surface area contributed by atoms with Crippen LogP contribution in [0.25, 0.3) is 0 Å². The van der Waals surface area contributed by atoms with E-state index >= 15 is 0 Å². The monoisotopic (exact) mass is 300 g/mol. The van der Waals surface area contributed by atoms with Gasteiger partial charge in [0, 0.05) is 12.1 Å². The van der Waals surface area contributed by atoms with Gasteiger partial charge >= 0.3 is 10.1 Å². The summed E-state index contributed by atoms with van der Waals surface area (Å²) in [6.07, 6.45) is 2.52. The minimum Gasteiger partial charge on any atom is -0.381 e. The van der Waals surface area contributed by atoms with Gasteiger partial charge in [-0.25, -0.2) is 0 Å². The molecule has 0 radical (unpaired) electrons. The molecule has 1 aromatic carbocycles. The molecule has 9 heteroatoms. The molecule has 0 aromatic heterocycles. The first-order chi connectivity index (χ1) is 9.26. The molecule has 1 aliphatic rings. The average molecular weight is 300 g/mol. The molecule has 2 rings (SSSR count). The second-order valence-electron chi connectivity index (χ2n) is 4.47. The fourth-order valence-corrected chi connectivity index (χ4v) is 2.00. The van der Waals surface area contributed by atoms with Crippen LogP contribution in [-0.2, 0) is 10.1 Å².